The van der Waals surface area contributed by atoms with Crippen LogP contribution < -0.4 is 10.0 Å². The van der Waals surface area contributed by atoms with Crippen LogP contribution in [0.4, 0.5) is 11.4 Å². The summed E-state index contributed by atoms with van der Waals surface area (Å²) in [6.07, 6.45) is 3.25. The normalized spacial score (nSPS) is 21.3. The maximum atomic E-state index is 11.5. The highest BCUT2D eigenvalue weighted by molar-refractivity contribution is 7.89. The third-order valence-corrected chi connectivity index (χ3v) is 5.43. The van der Waals surface area contributed by atoms with Gasteiger partial charge in [-0.3, -0.25) is 10.1 Å². The summed E-state index contributed by atoms with van der Waals surface area (Å²) in [4.78, 5) is 12.6. The summed E-state index contributed by atoms with van der Waals surface area (Å²) in [7, 11) is -4.01. The number of nitro groups is 1. The molecule has 2 unspecified atom stereocenters. The van der Waals surface area contributed by atoms with Crippen LogP contribution >= 0.6 is 0 Å². The predicted molar refractivity (Wildman–Crippen MR) is 91.7 cm³/mol. The van der Waals surface area contributed by atoms with Gasteiger partial charge in [-0.1, -0.05) is 6.92 Å². The fourth-order valence-corrected chi connectivity index (χ4v) is 3.78. The molecule has 1 aromatic heterocycles. The second kappa shape index (κ2) is 6.49. The molecule has 2 N–H and O–H groups in total. The number of benzene rings is 1. The summed E-state index contributed by atoms with van der Waals surface area (Å²) >= 11 is 0. The summed E-state index contributed by atoms with van der Waals surface area (Å²) < 4.78 is 28.6. The molecule has 2 aromatic rings. The molecule has 8 nitrogen and oxygen atoms in total. The topological polar surface area (TPSA) is 120 Å². The smallest absolute Gasteiger partial charge is 0.293 e. The van der Waals surface area contributed by atoms with Gasteiger partial charge in [-0.15, -0.1) is 0 Å². The first-order chi connectivity index (χ1) is 11.8. The molecule has 1 aliphatic rings. The second-order valence-corrected chi connectivity index (χ2v) is 7.87. The average Bonchev–Trinajstić information content (AvgIpc) is 3.07. The third kappa shape index (κ3) is 3.52. The zero-order valence-electron chi connectivity index (χ0n) is 13.7. The molecule has 3 rings (SSSR count). The molecule has 0 bridgehead atoms. The Morgan fingerprint density at radius 3 is 2.72 bits per heavy atom. The van der Waals surface area contributed by atoms with E-state index in [1.165, 1.54) is 12.1 Å². The van der Waals surface area contributed by atoms with Crippen LogP contribution in [0, 0.1) is 16.0 Å². The van der Waals surface area contributed by atoms with Crippen LogP contribution in [-0.2, 0) is 10.0 Å². The van der Waals surface area contributed by atoms with Gasteiger partial charge in [0, 0.05) is 12.6 Å². The van der Waals surface area contributed by atoms with Crippen molar-refractivity contribution in [1.29, 1.82) is 0 Å². The van der Waals surface area contributed by atoms with Crippen molar-refractivity contribution in [1.82, 2.24) is 0 Å². The van der Waals surface area contributed by atoms with Crippen molar-refractivity contribution in [3.8, 4) is 0 Å². The number of hydrogen-bond donors (Lipinski definition) is 1. The summed E-state index contributed by atoms with van der Waals surface area (Å²) in [5.41, 5.74) is 0.0864. The van der Waals surface area contributed by atoms with Gasteiger partial charge in [0.15, 0.2) is 0 Å². The summed E-state index contributed by atoms with van der Waals surface area (Å²) in [5.74, 6) is 1.19. The fraction of sp³-hybridized carbons (Fsp3) is 0.375. The molecule has 2 heterocycles. The molecular weight excluding hydrogens is 346 g/mol. The molecule has 1 fully saturated rings. The lowest BCUT2D eigenvalue weighted by Crippen LogP contribution is -2.36. The number of nitro benzene ring substituents is 1. The first-order valence-corrected chi connectivity index (χ1v) is 9.43. The van der Waals surface area contributed by atoms with Crippen LogP contribution in [0.2, 0.25) is 0 Å². The summed E-state index contributed by atoms with van der Waals surface area (Å²) in [6, 6.07) is 7.25. The average molecular weight is 365 g/mol. The van der Waals surface area contributed by atoms with Crippen molar-refractivity contribution in [2.24, 2.45) is 11.1 Å². The minimum Gasteiger partial charge on any atom is -0.467 e. The zero-order chi connectivity index (χ0) is 18.2. The van der Waals surface area contributed by atoms with E-state index in [0.29, 0.717) is 18.2 Å². The number of rotatable bonds is 4. The lowest BCUT2D eigenvalue weighted by molar-refractivity contribution is -0.384. The van der Waals surface area contributed by atoms with Gasteiger partial charge in [-0.25, -0.2) is 13.6 Å². The van der Waals surface area contributed by atoms with Crippen LogP contribution in [0.15, 0.2) is 45.9 Å². The van der Waals surface area contributed by atoms with Crippen molar-refractivity contribution >= 4 is 21.4 Å². The zero-order valence-corrected chi connectivity index (χ0v) is 14.5. The highest BCUT2D eigenvalue weighted by Gasteiger charge is 2.33. The van der Waals surface area contributed by atoms with Crippen molar-refractivity contribution in [2.45, 2.75) is 30.7 Å². The Kier molecular flexibility index (Phi) is 4.53. The molecule has 25 heavy (non-hydrogen) atoms. The summed E-state index contributed by atoms with van der Waals surface area (Å²) in [5, 5.41) is 16.6. The van der Waals surface area contributed by atoms with E-state index in [9.17, 15) is 18.5 Å². The van der Waals surface area contributed by atoms with Gasteiger partial charge in [0.1, 0.15) is 11.4 Å². The minimum atomic E-state index is -4.01. The first-order valence-electron chi connectivity index (χ1n) is 7.88. The van der Waals surface area contributed by atoms with E-state index in [2.05, 4.69) is 6.92 Å². The van der Waals surface area contributed by atoms with Crippen LogP contribution in [0.5, 0.6) is 0 Å². The number of sulfonamides is 1. The largest absolute Gasteiger partial charge is 0.467 e. The van der Waals surface area contributed by atoms with Gasteiger partial charge in [-0.05, 0) is 43.0 Å². The quantitative estimate of drug-likeness (QED) is 0.657. The molecule has 1 saturated heterocycles. The molecule has 134 valence electrons. The third-order valence-electron chi connectivity index (χ3n) is 4.52. The van der Waals surface area contributed by atoms with Crippen LogP contribution in [0.3, 0.4) is 0 Å². The molecule has 2 atom stereocenters. The van der Waals surface area contributed by atoms with Crippen molar-refractivity contribution < 1.29 is 17.8 Å². The van der Waals surface area contributed by atoms with Crippen molar-refractivity contribution in [3.05, 3.63) is 52.5 Å². The number of hydrogen-bond acceptors (Lipinski definition) is 6. The van der Waals surface area contributed by atoms with Crippen LogP contribution in [0.1, 0.15) is 31.6 Å². The number of primary sulfonamides is 1. The van der Waals surface area contributed by atoms with Crippen molar-refractivity contribution in [3.63, 3.8) is 0 Å². The Morgan fingerprint density at radius 2 is 2.12 bits per heavy atom. The Labute approximate surface area is 145 Å². The molecule has 0 radical (unpaired) electrons. The molecule has 0 spiro atoms. The molecule has 1 aromatic carbocycles. The Morgan fingerprint density at radius 1 is 1.36 bits per heavy atom. The second-order valence-electron chi connectivity index (χ2n) is 6.31. The highest BCUT2D eigenvalue weighted by Crippen LogP contribution is 2.41. The van der Waals surface area contributed by atoms with E-state index >= 15 is 0 Å². The molecule has 0 amide bonds. The number of nitrogens with zero attached hydrogens (tertiary/aromatic N) is 2. The van der Waals surface area contributed by atoms with E-state index < -0.39 is 14.9 Å². The van der Waals surface area contributed by atoms with E-state index in [-0.39, 0.29) is 16.6 Å². The molecule has 0 aliphatic carbocycles. The van der Waals surface area contributed by atoms with Gasteiger partial charge in [0.05, 0.1) is 22.1 Å². The first kappa shape index (κ1) is 17.4. The molecular formula is C16H19N3O5S. The fourth-order valence-electron chi connectivity index (χ4n) is 3.25. The SMILES string of the molecule is CC1CCN(c2ccc(S(N)(=O)=O)cc2[N+](=O)[O-])C(c2ccco2)C1. The number of furan rings is 1. The van der Waals surface area contributed by atoms with Gasteiger partial charge >= 0.3 is 0 Å². The number of piperidine rings is 1. The van der Waals surface area contributed by atoms with Crippen LogP contribution in [0.25, 0.3) is 0 Å². The lowest BCUT2D eigenvalue weighted by atomic mass is 9.90. The monoisotopic (exact) mass is 365 g/mol. The number of anilines is 1. The van der Waals surface area contributed by atoms with E-state index in [1.807, 2.05) is 11.0 Å². The predicted octanol–water partition coefficient (Wildman–Crippen LogP) is 2.81. The standard InChI is InChI=1S/C16H19N3O5S/c1-11-6-7-18(15(9-11)16-3-2-8-24-16)13-5-4-12(25(17,22)23)10-14(13)19(20)21/h2-5,8,10-11,15H,6-7,9H2,1H3,(H2,17,22,23). The summed E-state index contributed by atoms with van der Waals surface area (Å²) in [6.45, 7) is 2.74. The minimum absolute atomic E-state index is 0.141. The number of nitrogens with two attached hydrogens (primary N) is 1. The van der Waals surface area contributed by atoms with Gasteiger partial charge in [0.25, 0.3) is 5.69 Å². The Hall–Kier alpha value is -2.39. The van der Waals surface area contributed by atoms with E-state index in [4.69, 9.17) is 9.56 Å². The van der Waals surface area contributed by atoms with Gasteiger partial charge < -0.3 is 9.32 Å². The van der Waals surface area contributed by atoms with Crippen LogP contribution in [-0.4, -0.2) is 19.9 Å². The van der Waals surface area contributed by atoms with Gasteiger partial charge in [-0.2, -0.15) is 0 Å². The maximum absolute atomic E-state index is 11.5. The highest BCUT2D eigenvalue weighted by atomic mass is 32.2. The van der Waals surface area contributed by atoms with Gasteiger partial charge in [0.2, 0.25) is 10.0 Å². The molecule has 9 heteroatoms. The molecule has 0 saturated carbocycles. The van der Waals surface area contributed by atoms with E-state index in [1.54, 1.807) is 12.3 Å². The lowest BCUT2D eigenvalue weighted by Gasteiger charge is -2.38. The Balaban J connectivity index is 2.08. The molecule has 1 aliphatic heterocycles. The van der Waals surface area contributed by atoms with Crippen molar-refractivity contribution in [2.75, 3.05) is 11.4 Å². The maximum Gasteiger partial charge on any atom is 0.293 e. The van der Waals surface area contributed by atoms with E-state index in [0.717, 1.165) is 24.7 Å². The Bertz CT molecular complexity index is 879.